The number of rotatable bonds is 6. The minimum Gasteiger partial charge on any atom is -0.345 e. The predicted molar refractivity (Wildman–Crippen MR) is 95.0 cm³/mol. The fourth-order valence-electron chi connectivity index (χ4n) is 2.87. The van der Waals surface area contributed by atoms with Crippen LogP contribution in [0.2, 0.25) is 0 Å². The number of hydrogen-bond donors (Lipinski definition) is 1. The molecule has 3 rings (SSSR count). The van der Waals surface area contributed by atoms with Crippen LogP contribution in [0.15, 0.2) is 66.9 Å². The van der Waals surface area contributed by atoms with Gasteiger partial charge in [0.2, 0.25) is 0 Å². The van der Waals surface area contributed by atoms with Gasteiger partial charge in [0.05, 0.1) is 11.6 Å². The Morgan fingerprint density at radius 2 is 1.69 bits per heavy atom. The normalized spacial score (nSPS) is 12.2. The average molecular weight is 355 g/mol. The van der Waals surface area contributed by atoms with Crippen molar-refractivity contribution in [1.82, 2.24) is 15.1 Å². The van der Waals surface area contributed by atoms with Crippen LogP contribution in [0.4, 0.5) is 8.78 Å². The molecule has 0 saturated carbocycles. The zero-order chi connectivity index (χ0) is 18.5. The van der Waals surface area contributed by atoms with Gasteiger partial charge in [0.1, 0.15) is 5.69 Å². The third-order valence-corrected chi connectivity index (χ3v) is 4.10. The number of nitrogens with one attached hydrogen (secondary N) is 1. The molecule has 1 amide bonds. The van der Waals surface area contributed by atoms with Gasteiger partial charge in [-0.2, -0.15) is 5.10 Å². The van der Waals surface area contributed by atoms with E-state index >= 15 is 0 Å². The van der Waals surface area contributed by atoms with Gasteiger partial charge in [0.15, 0.2) is 0 Å². The molecule has 0 aliphatic carbocycles. The van der Waals surface area contributed by atoms with Crippen LogP contribution >= 0.6 is 0 Å². The Morgan fingerprint density at radius 1 is 1.08 bits per heavy atom. The van der Waals surface area contributed by atoms with E-state index in [9.17, 15) is 13.6 Å². The van der Waals surface area contributed by atoms with E-state index in [0.29, 0.717) is 6.42 Å². The lowest BCUT2D eigenvalue weighted by Gasteiger charge is -2.19. The summed E-state index contributed by atoms with van der Waals surface area (Å²) in [6.07, 6.45) is -0.927. The molecule has 26 heavy (non-hydrogen) atoms. The Kier molecular flexibility index (Phi) is 5.41. The molecule has 1 N–H and O–H groups in total. The SMILES string of the molecule is Cn1cc(C(=O)NC(Cc2ccccc2)c2ccccc2)c(C(F)F)n1. The minimum absolute atomic E-state index is 0.100. The molecule has 0 fully saturated rings. The molecule has 0 spiro atoms. The van der Waals surface area contributed by atoms with E-state index in [1.807, 2.05) is 60.7 Å². The van der Waals surface area contributed by atoms with Crippen LogP contribution in [0, 0.1) is 0 Å². The Hall–Kier alpha value is -3.02. The second-order valence-corrected chi connectivity index (χ2v) is 6.03. The quantitative estimate of drug-likeness (QED) is 0.724. The Labute approximate surface area is 150 Å². The lowest BCUT2D eigenvalue weighted by Crippen LogP contribution is -2.30. The predicted octanol–water partition coefficient (Wildman–Crippen LogP) is 4.07. The number of amides is 1. The average Bonchev–Trinajstić information content (AvgIpc) is 3.05. The van der Waals surface area contributed by atoms with E-state index in [1.54, 1.807) is 0 Å². The highest BCUT2D eigenvalue weighted by molar-refractivity contribution is 5.95. The highest BCUT2D eigenvalue weighted by Gasteiger charge is 2.25. The summed E-state index contributed by atoms with van der Waals surface area (Å²) in [5, 5.41) is 6.58. The van der Waals surface area contributed by atoms with Crippen molar-refractivity contribution in [3.05, 3.63) is 89.2 Å². The number of benzene rings is 2. The molecule has 134 valence electrons. The van der Waals surface area contributed by atoms with Crippen LogP contribution in [-0.2, 0) is 13.5 Å². The van der Waals surface area contributed by atoms with Crippen molar-refractivity contribution in [3.63, 3.8) is 0 Å². The number of halogens is 2. The topological polar surface area (TPSA) is 46.9 Å². The Balaban J connectivity index is 1.87. The molecule has 0 bridgehead atoms. The number of carbonyl (C=O) groups excluding carboxylic acids is 1. The summed E-state index contributed by atoms with van der Waals surface area (Å²) in [5.41, 5.74) is 1.35. The highest BCUT2D eigenvalue weighted by atomic mass is 19.3. The molecule has 1 heterocycles. The maximum atomic E-state index is 13.2. The van der Waals surface area contributed by atoms with Gasteiger partial charge >= 0.3 is 0 Å². The van der Waals surface area contributed by atoms with Gasteiger partial charge in [-0.15, -0.1) is 0 Å². The zero-order valence-electron chi connectivity index (χ0n) is 14.3. The van der Waals surface area contributed by atoms with Gasteiger partial charge in [0, 0.05) is 13.2 Å². The monoisotopic (exact) mass is 355 g/mol. The van der Waals surface area contributed by atoms with Gasteiger partial charge in [-0.05, 0) is 17.5 Å². The maximum absolute atomic E-state index is 13.2. The van der Waals surface area contributed by atoms with Crippen LogP contribution in [0.1, 0.15) is 39.6 Å². The summed E-state index contributed by atoms with van der Waals surface area (Å²) in [5.74, 6) is -0.557. The largest absolute Gasteiger partial charge is 0.345 e. The van der Waals surface area contributed by atoms with Crippen molar-refractivity contribution in [2.24, 2.45) is 7.05 Å². The Morgan fingerprint density at radius 3 is 2.31 bits per heavy atom. The first-order valence-electron chi connectivity index (χ1n) is 8.26. The molecule has 0 radical (unpaired) electrons. The second kappa shape index (κ2) is 7.91. The number of alkyl halides is 2. The fraction of sp³-hybridized carbons (Fsp3) is 0.200. The molecular formula is C20H19F2N3O. The molecule has 4 nitrogen and oxygen atoms in total. The summed E-state index contributed by atoms with van der Waals surface area (Å²) in [7, 11) is 1.52. The van der Waals surface area contributed by atoms with Gasteiger partial charge in [-0.3, -0.25) is 9.48 Å². The summed E-state index contributed by atoms with van der Waals surface area (Å²) >= 11 is 0. The Bertz CT molecular complexity index is 863. The number of nitrogens with zero attached hydrogens (tertiary/aromatic N) is 2. The van der Waals surface area contributed by atoms with E-state index in [1.165, 1.54) is 17.9 Å². The molecule has 6 heteroatoms. The molecular weight excluding hydrogens is 336 g/mol. The van der Waals surface area contributed by atoms with Gasteiger partial charge in [0.25, 0.3) is 12.3 Å². The number of hydrogen-bond acceptors (Lipinski definition) is 2. The summed E-state index contributed by atoms with van der Waals surface area (Å²) in [4.78, 5) is 12.7. The smallest absolute Gasteiger partial charge is 0.282 e. The van der Waals surface area contributed by atoms with Crippen molar-refractivity contribution in [1.29, 1.82) is 0 Å². The number of aromatic nitrogens is 2. The molecule has 1 unspecified atom stereocenters. The summed E-state index contributed by atoms with van der Waals surface area (Å²) in [6.45, 7) is 0. The van der Waals surface area contributed by atoms with Crippen LogP contribution in [0.3, 0.4) is 0 Å². The van der Waals surface area contributed by atoms with E-state index in [0.717, 1.165) is 11.1 Å². The summed E-state index contributed by atoms with van der Waals surface area (Å²) in [6, 6.07) is 18.8. The summed E-state index contributed by atoms with van der Waals surface area (Å²) < 4.78 is 27.5. The van der Waals surface area contributed by atoms with Crippen LogP contribution in [0.5, 0.6) is 0 Å². The molecule has 2 aromatic carbocycles. The molecule has 3 aromatic rings. The highest BCUT2D eigenvalue weighted by Crippen LogP contribution is 2.23. The van der Waals surface area contributed by atoms with Crippen LogP contribution in [0.25, 0.3) is 0 Å². The third kappa shape index (κ3) is 4.14. The lowest BCUT2D eigenvalue weighted by atomic mass is 9.98. The maximum Gasteiger partial charge on any atom is 0.282 e. The number of aryl methyl sites for hydroxylation is 1. The van der Waals surface area contributed by atoms with Crippen molar-refractivity contribution in [3.8, 4) is 0 Å². The van der Waals surface area contributed by atoms with Gasteiger partial charge in [-0.1, -0.05) is 60.7 Å². The van der Waals surface area contributed by atoms with Crippen molar-refractivity contribution in [2.75, 3.05) is 0 Å². The molecule has 0 saturated heterocycles. The van der Waals surface area contributed by atoms with E-state index in [4.69, 9.17) is 0 Å². The standard InChI is InChI=1S/C20H19F2N3O/c1-25-13-16(18(24-25)19(21)22)20(26)23-17(15-10-6-3-7-11-15)12-14-8-4-2-5-9-14/h2-11,13,17,19H,12H2,1H3,(H,23,26). The van der Waals surface area contributed by atoms with Crippen molar-refractivity contribution < 1.29 is 13.6 Å². The second-order valence-electron chi connectivity index (χ2n) is 6.03. The minimum atomic E-state index is -2.80. The van der Waals surface area contributed by atoms with Gasteiger partial charge in [-0.25, -0.2) is 8.78 Å². The lowest BCUT2D eigenvalue weighted by molar-refractivity contribution is 0.0922. The number of carbonyl (C=O) groups is 1. The zero-order valence-corrected chi connectivity index (χ0v) is 14.3. The first-order chi connectivity index (χ1) is 12.5. The van der Waals surface area contributed by atoms with Crippen molar-refractivity contribution in [2.45, 2.75) is 18.9 Å². The first-order valence-corrected chi connectivity index (χ1v) is 8.26. The van der Waals surface area contributed by atoms with E-state index < -0.39 is 18.0 Å². The third-order valence-electron chi connectivity index (χ3n) is 4.10. The molecule has 1 aromatic heterocycles. The van der Waals surface area contributed by atoms with E-state index in [2.05, 4.69) is 10.4 Å². The van der Waals surface area contributed by atoms with Gasteiger partial charge < -0.3 is 5.32 Å². The van der Waals surface area contributed by atoms with E-state index in [-0.39, 0.29) is 11.6 Å². The molecule has 0 aliphatic heterocycles. The molecule has 1 atom stereocenters. The fourth-order valence-corrected chi connectivity index (χ4v) is 2.87. The van der Waals surface area contributed by atoms with Crippen molar-refractivity contribution >= 4 is 5.91 Å². The van der Waals surface area contributed by atoms with Crippen LogP contribution in [-0.4, -0.2) is 15.7 Å². The van der Waals surface area contributed by atoms with Crippen LogP contribution < -0.4 is 5.32 Å². The molecule has 0 aliphatic rings. The first kappa shape index (κ1) is 17.8.